The Morgan fingerprint density at radius 1 is 1.30 bits per heavy atom. The Morgan fingerprint density at radius 2 is 2.00 bits per heavy atom. The molecule has 2 unspecified atom stereocenters. The van der Waals surface area contributed by atoms with Crippen molar-refractivity contribution < 1.29 is 9.84 Å². The van der Waals surface area contributed by atoms with Crippen molar-refractivity contribution in [1.82, 2.24) is 0 Å². The fraction of sp³-hybridized carbons (Fsp3) is 0.667. The summed E-state index contributed by atoms with van der Waals surface area (Å²) in [4.78, 5) is 0. The summed E-state index contributed by atoms with van der Waals surface area (Å²) in [5, 5.41) is 10.2. The van der Waals surface area contributed by atoms with Gasteiger partial charge in [0.15, 0.2) is 0 Å². The van der Waals surface area contributed by atoms with E-state index >= 15 is 0 Å². The van der Waals surface area contributed by atoms with E-state index in [2.05, 4.69) is 52.8 Å². The SMILES string of the molecule is Cc1ccc(C(C)C)c(OC2CC(C)(C)CCC2O)c1. The molecule has 0 spiro atoms. The molecule has 2 atom stereocenters. The van der Waals surface area contributed by atoms with Crippen molar-refractivity contribution in [3.63, 3.8) is 0 Å². The van der Waals surface area contributed by atoms with Crippen LogP contribution in [0.3, 0.4) is 0 Å². The van der Waals surface area contributed by atoms with Crippen LogP contribution in [0.4, 0.5) is 0 Å². The lowest BCUT2D eigenvalue weighted by atomic mass is 9.75. The first-order chi connectivity index (χ1) is 9.28. The van der Waals surface area contributed by atoms with Crippen LogP contribution in [-0.4, -0.2) is 17.3 Å². The standard InChI is InChI=1S/C18H28O2/c1-12(2)14-7-6-13(3)10-16(14)20-17-11-18(4,5)9-8-15(17)19/h6-7,10,12,15,17,19H,8-9,11H2,1-5H3. The Bertz CT molecular complexity index is 462. The van der Waals surface area contributed by atoms with Gasteiger partial charge in [0.25, 0.3) is 0 Å². The number of ether oxygens (including phenoxy) is 1. The molecule has 0 radical (unpaired) electrons. The van der Waals surface area contributed by atoms with Gasteiger partial charge in [0, 0.05) is 0 Å². The third-order valence-electron chi connectivity index (χ3n) is 4.37. The second-order valence-corrected chi connectivity index (χ2v) is 7.33. The maximum absolute atomic E-state index is 10.2. The molecule has 0 aliphatic heterocycles. The van der Waals surface area contributed by atoms with E-state index in [4.69, 9.17) is 4.74 Å². The van der Waals surface area contributed by atoms with Gasteiger partial charge in [-0.2, -0.15) is 0 Å². The van der Waals surface area contributed by atoms with Gasteiger partial charge >= 0.3 is 0 Å². The van der Waals surface area contributed by atoms with Crippen LogP contribution in [0.15, 0.2) is 18.2 Å². The molecule has 0 saturated heterocycles. The minimum absolute atomic E-state index is 0.0851. The zero-order valence-electron chi connectivity index (χ0n) is 13.4. The van der Waals surface area contributed by atoms with Crippen LogP contribution in [0.25, 0.3) is 0 Å². The smallest absolute Gasteiger partial charge is 0.125 e. The number of hydrogen-bond donors (Lipinski definition) is 1. The molecule has 2 rings (SSSR count). The van der Waals surface area contributed by atoms with E-state index in [0.717, 1.165) is 25.0 Å². The van der Waals surface area contributed by atoms with E-state index in [-0.39, 0.29) is 17.6 Å². The molecule has 0 amide bonds. The highest BCUT2D eigenvalue weighted by Crippen LogP contribution is 2.38. The molecule has 1 N–H and O–H groups in total. The van der Waals surface area contributed by atoms with E-state index in [0.29, 0.717) is 5.92 Å². The first kappa shape index (κ1) is 15.4. The van der Waals surface area contributed by atoms with Crippen molar-refractivity contribution in [2.75, 3.05) is 0 Å². The predicted molar refractivity (Wildman–Crippen MR) is 83.3 cm³/mol. The highest BCUT2D eigenvalue weighted by molar-refractivity contribution is 5.39. The summed E-state index contributed by atoms with van der Waals surface area (Å²) >= 11 is 0. The van der Waals surface area contributed by atoms with Crippen molar-refractivity contribution >= 4 is 0 Å². The Balaban J connectivity index is 2.22. The summed E-state index contributed by atoms with van der Waals surface area (Å²) in [5.41, 5.74) is 2.69. The first-order valence-electron chi connectivity index (χ1n) is 7.74. The van der Waals surface area contributed by atoms with E-state index in [1.54, 1.807) is 0 Å². The fourth-order valence-electron chi connectivity index (χ4n) is 3.01. The van der Waals surface area contributed by atoms with Crippen LogP contribution >= 0.6 is 0 Å². The Hall–Kier alpha value is -1.02. The van der Waals surface area contributed by atoms with Gasteiger partial charge in [-0.15, -0.1) is 0 Å². The molecule has 20 heavy (non-hydrogen) atoms. The number of aliphatic hydroxyl groups excluding tert-OH is 1. The second-order valence-electron chi connectivity index (χ2n) is 7.33. The zero-order valence-corrected chi connectivity index (χ0v) is 13.4. The summed E-state index contributed by atoms with van der Waals surface area (Å²) in [6.45, 7) is 11.0. The topological polar surface area (TPSA) is 29.5 Å². The minimum Gasteiger partial charge on any atom is -0.487 e. The maximum Gasteiger partial charge on any atom is 0.125 e. The molecule has 0 heterocycles. The van der Waals surface area contributed by atoms with E-state index in [1.165, 1.54) is 11.1 Å². The van der Waals surface area contributed by atoms with Crippen LogP contribution in [0.1, 0.15) is 64.0 Å². The average molecular weight is 276 g/mol. The van der Waals surface area contributed by atoms with Gasteiger partial charge in [-0.3, -0.25) is 0 Å². The average Bonchev–Trinajstić information content (AvgIpc) is 2.33. The summed E-state index contributed by atoms with van der Waals surface area (Å²) in [6, 6.07) is 6.38. The lowest BCUT2D eigenvalue weighted by Gasteiger charge is -2.38. The Kier molecular flexibility index (Phi) is 4.43. The molecule has 0 aromatic heterocycles. The number of hydrogen-bond acceptors (Lipinski definition) is 2. The lowest BCUT2D eigenvalue weighted by molar-refractivity contribution is -0.0309. The van der Waals surface area contributed by atoms with Gasteiger partial charge in [-0.25, -0.2) is 0 Å². The summed E-state index contributed by atoms with van der Waals surface area (Å²) < 4.78 is 6.23. The lowest BCUT2D eigenvalue weighted by Crippen LogP contribution is -2.41. The molecule has 0 bridgehead atoms. The van der Waals surface area contributed by atoms with E-state index in [1.807, 2.05) is 0 Å². The maximum atomic E-state index is 10.2. The van der Waals surface area contributed by atoms with Crippen LogP contribution in [0.5, 0.6) is 5.75 Å². The summed E-state index contributed by atoms with van der Waals surface area (Å²) in [6.07, 6.45) is 2.39. The Labute approximate surface area is 123 Å². The largest absolute Gasteiger partial charge is 0.487 e. The van der Waals surface area contributed by atoms with Gasteiger partial charge in [-0.1, -0.05) is 39.8 Å². The first-order valence-corrected chi connectivity index (χ1v) is 7.74. The molecule has 2 nitrogen and oxygen atoms in total. The van der Waals surface area contributed by atoms with Crippen molar-refractivity contribution in [2.45, 2.75) is 72.0 Å². The molecular weight excluding hydrogens is 248 g/mol. The predicted octanol–water partition coefficient (Wildman–Crippen LogP) is 4.44. The fourth-order valence-corrected chi connectivity index (χ4v) is 3.01. The third kappa shape index (κ3) is 3.54. The molecule has 112 valence electrons. The van der Waals surface area contributed by atoms with Crippen LogP contribution in [0, 0.1) is 12.3 Å². The number of aliphatic hydroxyl groups is 1. The molecule has 1 fully saturated rings. The molecule has 1 aromatic carbocycles. The van der Waals surface area contributed by atoms with Crippen molar-refractivity contribution in [3.8, 4) is 5.75 Å². The van der Waals surface area contributed by atoms with Crippen molar-refractivity contribution in [3.05, 3.63) is 29.3 Å². The van der Waals surface area contributed by atoms with Gasteiger partial charge in [0.1, 0.15) is 11.9 Å². The van der Waals surface area contributed by atoms with Crippen molar-refractivity contribution in [1.29, 1.82) is 0 Å². The monoisotopic (exact) mass is 276 g/mol. The molecule has 1 saturated carbocycles. The minimum atomic E-state index is -0.344. The number of benzene rings is 1. The molecule has 2 heteroatoms. The molecule has 1 aliphatic rings. The Morgan fingerprint density at radius 3 is 2.65 bits per heavy atom. The van der Waals surface area contributed by atoms with Crippen LogP contribution < -0.4 is 4.74 Å². The molecular formula is C18H28O2. The number of rotatable bonds is 3. The van der Waals surface area contributed by atoms with Crippen LogP contribution in [-0.2, 0) is 0 Å². The summed E-state index contributed by atoms with van der Waals surface area (Å²) in [5.74, 6) is 1.38. The highest BCUT2D eigenvalue weighted by atomic mass is 16.5. The van der Waals surface area contributed by atoms with Gasteiger partial charge in [-0.05, 0) is 54.7 Å². The summed E-state index contributed by atoms with van der Waals surface area (Å²) in [7, 11) is 0. The third-order valence-corrected chi connectivity index (χ3v) is 4.37. The van der Waals surface area contributed by atoms with E-state index in [9.17, 15) is 5.11 Å². The quantitative estimate of drug-likeness (QED) is 0.884. The zero-order chi connectivity index (χ0) is 14.9. The van der Waals surface area contributed by atoms with Crippen LogP contribution in [0.2, 0.25) is 0 Å². The number of aryl methyl sites for hydroxylation is 1. The van der Waals surface area contributed by atoms with Gasteiger partial charge in [0.05, 0.1) is 6.10 Å². The molecule has 1 aliphatic carbocycles. The van der Waals surface area contributed by atoms with Gasteiger partial charge in [0.2, 0.25) is 0 Å². The van der Waals surface area contributed by atoms with Crippen molar-refractivity contribution in [2.24, 2.45) is 5.41 Å². The van der Waals surface area contributed by atoms with E-state index < -0.39 is 0 Å². The molecule has 1 aromatic rings. The second kappa shape index (κ2) is 5.77. The van der Waals surface area contributed by atoms with Gasteiger partial charge < -0.3 is 9.84 Å². The highest BCUT2D eigenvalue weighted by Gasteiger charge is 2.35. The normalized spacial score (nSPS) is 25.8.